The minimum Gasteiger partial charge on any atom is -0.484 e. The highest BCUT2D eigenvalue weighted by atomic mass is 32.1. The fraction of sp³-hybridized carbons (Fsp3) is 0.280. The van der Waals surface area contributed by atoms with Crippen LogP contribution in [0.3, 0.4) is 0 Å². The second-order valence-corrected chi connectivity index (χ2v) is 9.35. The van der Waals surface area contributed by atoms with Crippen molar-refractivity contribution in [3.05, 3.63) is 76.1 Å². The molecule has 0 atom stereocenters. The van der Waals surface area contributed by atoms with Crippen LogP contribution in [-0.2, 0) is 4.79 Å². The number of ether oxygens (including phenoxy) is 1. The van der Waals surface area contributed by atoms with Crippen LogP contribution in [0.15, 0.2) is 59.4 Å². The zero-order valence-electron chi connectivity index (χ0n) is 19.1. The quantitative estimate of drug-likeness (QED) is 0.441. The molecule has 1 aliphatic rings. The highest BCUT2D eigenvalue weighted by molar-refractivity contribution is 7.19. The van der Waals surface area contributed by atoms with Gasteiger partial charge in [-0.3, -0.25) is 9.59 Å². The van der Waals surface area contributed by atoms with E-state index in [0.717, 1.165) is 21.7 Å². The summed E-state index contributed by atoms with van der Waals surface area (Å²) in [4.78, 5) is 34.4. The van der Waals surface area contributed by atoms with Gasteiger partial charge < -0.3 is 14.5 Å². The van der Waals surface area contributed by atoms with Crippen molar-refractivity contribution < 1.29 is 9.53 Å². The number of fused-ring (bicyclic) bond motifs is 1. The number of aromatic nitrogens is 3. The number of carbonyl (C=O) groups is 1. The van der Waals surface area contributed by atoms with Crippen LogP contribution in [-0.4, -0.2) is 58.2 Å². The predicted molar refractivity (Wildman–Crippen MR) is 133 cm³/mol. The van der Waals surface area contributed by atoms with Gasteiger partial charge in [0, 0.05) is 37.8 Å². The molecule has 0 saturated carbocycles. The molecule has 0 spiro atoms. The topological polar surface area (TPSA) is 80.0 Å². The summed E-state index contributed by atoms with van der Waals surface area (Å²) >= 11 is 1.40. The summed E-state index contributed by atoms with van der Waals surface area (Å²) in [5.41, 5.74) is 2.98. The summed E-state index contributed by atoms with van der Waals surface area (Å²) in [5.74, 6) is 1.27. The monoisotopic (exact) mass is 475 g/mol. The molecule has 0 unspecified atom stereocenters. The van der Waals surface area contributed by atoms with E-state index in [1.807, 2.05) is 67.3 Å². The highest BCUT2D eigenvalue weighted by Gasteiger charge is 2.23. The molecular formula is C25H25N5O3S. The maximum absolute atomic E-state index is 12.7. The summed E-state index contributed by atoms with van der Waals surface area (Å²) in [6.07, 6.45) is 0. The van der Waals surface area contributed by atoms with E-state index in [2.05, 4.69) is 5.10 Å². The molecule has 34 heavy (non-hydrogen) atoms. The van der Waals surface area contributed by atoms with Gasteiger partial charge in [-0.05, 0) is 37.6 Å². The zero-order valence-corrected chi connectivity index (χ0v) is 19.9. The molecule has 0 radical (unpaired) electrons. The Bertz CT molecular complexity index is 1410. The molecule has 2 aromatic carbocycles. The average Bonchev–Trinajstić information content (AvgIpc) is 3.28. The van der Waals surface area contributed by atoms with E-state index in [4.69, 9.17) is 9.72 Å². The second kappa shape index (κ2) is 9.26. The predicted octanol–water partition coefficient (Wildman–Crippen LogP) is 3.16. The van der Waals surface area contributed by atoms with Gasteiger partial charge in [0.2, 0.25) is 4.96 Å². The Morgan fingerprint density at radius 3 is 2.47 bits per heavy atom. The summed E-state index contributed by atoms with van der Waals surface area (Å²) in [7, 11) is 0. The van der Waals surface area contributed by atoms with Gasteiger partial charge in [-0.1, -0.05) is 47.2 Å². The van der Waals surface area contributed by atoms with Gasteiger partial charge in [-0.15, -0.1) is 0 Å². The van der Waals surface area contributed by atoms with Crippen LogP contribution in [0.5, 0.6) is 5.75 Å². The van der Waals surface area contributed by atoms with E-state index < -0.39 is 0 Å². The van der Waals surface area contributed by atoms with Crippen LogP contribution in [0.2, 0.25) is 0 Å². The van der Waals surface area contributed by atoms with Crippen molar-refractivity contribution in [2.75, 3.05) is 37.7 Å². The minimum absolute atomic E-state index is 0.0115. The lowest BCUT2D eigenvalue weighted by atomic mass is 10.1. The number of benzene rings is 2. The Morgan fingerprint density at radius 2 is 1.74 bits per heavy atom. The van der Waals surface area contributed by atoms with Crippen molar-refractivity contribution in [2.24, 2.45) is 0 Å². The molecule has 0 N–H and O–H groups in total. The number of amides is 1. The number of carbonyl (C=O) groups excluding carboxylic acids is 1. The van der Waals surface area contributed by atoms with Crippen molar-refractivity contribution in [2.45, 2.75) is 13.8 Å². The first-order chi connectivity index (χ1) is 16.5. The number of nitrogens with zero attached hydrogens (tertiary/aromatic N) is 5. The fourth-order valence-electron chi connectivity index (χ4n) is 3.98. The molecule has 3 heterocycles. The van der Waals surface area contributed by atoms with Gasteiger partial charge in [0.15, 0.2) is 6.61 Å². The third-order valence-corrected chi connectivity index (χ3v) is 6.76. The largest absolute Gasteiger partial charge is 0.484 e. The molecule has 0 aliphatic carbocycles. The molecule has 1 fully saturated rings. The van der Waals surface area contributed by atoms with Crippen molar-refractivity contribution in [1.29, 1.82) is 0 Å². The van der Waals surface area contributed by atoms with Crippen LogP contribution < -0.4 is 15.2 Å². The van der Waals surface area contributed by atoms with Gasteiger partial charge in [0.25, 0.3) is 11.5 Å². The minimum atomic E-state index is -0.208. The average molecular weight is 476 g/mol. The molecule has 1 amide bonds. The van der Waals surface area contributed by atoms with Gasteiger partial charge in [-0.2, -0.15) is 9.61 Å². The third-order valence-electron chi connectivity index (χ3n) is 5.80. The third kappa shape index (κ3) is 4.65. The first-order valence-electron chi connectivity index (χ1n) is 11.2. The van der Waals surface area contributed by atoms with E-state index in [0.29, 0.717) is 42.7 Å². The molecule has 174 valence electrons. The van der Waals surface area contributed by atoms with Gasteiger partial charge in [0.1, 0.15) is 16.6 Å². The van der Waals surface area contributed by atoms with E-state index in [9.17, 15) is 9.59 Å². The number of anilines is 1. The number of rotatable bonds is 5. The van der Waals surface area contributed by atoms with Crippen LogP contribution in [0.4, 0.5) is 5.82 Å². The maximum atomic E-state index is 12.7. The first-order valence-corrected chi connectivity index (χ1v) is 12.0. The van der Waals surface area contributed by atoms with Crippen molar-refractivity contribution >= 4 is 28.0 Å². The Kier molecular flexibility index (Phi) is 6.02. The molecule has 2 aromatic heterocycles. The maximum Gasteiger partial charge on any atom is 0.277 e. The van der Waals surface area contributed by atoms with E-state index in [1.165, 1.54) is 21.9 Å². The SMILES string of the molecule is Cc1cccc(OCC(=O)N2CCN(c3cc(=O)n4nc(-c5cccc(C)c5)sc4n3)CC2)c1. The Balaban J connectivity index is 1.25. The smallest absolute Gasteiger partial charge is 0.277 e. The van der Waals surface area contributed by atoms with Gasteiger partial charge in [0.05, 0.1) is 0 Å². The number of hydrogen-bond acceptors (Lipinski definition) is 7. The molecule has 0 bridgehead atoms. The fourth-order valence-corrected chi connectivity index (χ4v) is 4.88. The standard InChI is InChI=1S/C25H25N5O3S/c1-17-5-3-7-19(13-17)24-27-30-22(31)15-21(26-25(30)34-24)28-9-11-29(12-10-28)23(32)16-33-20-8-4-6-18(2)14-20/h3-8,13-15H,9-12,16H2,1-2H3. The molecule has 5 rings (SSSR count). The molecular weight excluding hydrogens is 450 g/mol. The normalized spacial score (nSPS) is 13.9. The van der Waals surface area contributed by atoms with Crippen LogP contribution >= 0.6 is 11.3 Å². The number of piperazine rings is 1. The molecule has 9 heteroatoms. The Hall–Kier alpha value is -3.72. The van der Waals surface area contributed by atoms with Gasteiger partial charge >= 0.3 is 0 Å². The Morgan fingerprint density at radius 1 is 1.00 bits per heavy atom. The Labute approximate surface area is 201 Å². The first kappa shape index (κ1) is 22.1. The summed E-state index contributed by atoms with van der Waals surface area (Å²) in [5, 5.41) is 5.23. The van der Waals surface area contributed by atoms with E-state index in [-0.39, 0.29) is 18.1 Å². The van der Waals surface area contributed by atoms with Crippen LogP contribution in [0, 0.1) is 13.8 Å². The zero-order chi connectivity index (χ0) is 23.7. The van der Waals surface area contributed by atoms with Crippen molar-refractivity contribution in [1.82, 2.24) is 19.5 Å². The van der Waals surface area contributed by atoms with E-state index in [1.54, 1.807) is 4.90 Å². The highest BCUT2D eigenvalue weighted by Crippen LogP contribution is 2.26. The molecule has 4 aromatic rings. The summed E-state index contributed by atoms with van der Waals surface area (Å²) in [6.45, 7) is 6.32. The van der Waals surface area contributed by atoms with Crippen LogP contribution in [0.25, 0.3) is 15.5 Å². The van der Waals surface area contributed by atoms with Crippen LogP contribution in [0.1, 0.15) is 11.1 Å². The molecule has 8 nitrogen and oxygen atoms in total. The number of aryl methyl sites for hydroxylation is 2. The summed E-state index contributed by atoms with van der Waals surface area (Å²) in [6, 6.07) is 17.2. The lowest BCUT2D eigenvalue weighted by Crippen LogP contribution is -2.50. The molecule has 1 aliphatic heterocycles. The van der Waals surface area contributed by atoms with E-state index >= 15 is 0 Å². The number of hydrogen-bond donors (Lipinski definition) is 0. The summed E-state index contributed by atoms with van der Waals surface area (Å²) < 4.78 is 7.01. The lowest BCUT2D eigenvalue weighted by Gasteiger charge is -2.35. The lowest BCUT2D eigenvalue weighted by molar-refractivity contribution is -0.133. The second-order valence-electron chi connectivity index (χ2n) is 8.40. The van der Waals surface area contributed by atoms with Crippen molar-refractivity contribution in [3.63, 3.8) is 0 Å². The van der Waals surface area contributed by atoms with Gasteiger partial charge in [-0.25, -0.2) is 4.98 Å². The molecule has 1 saturated heterocycles. The van der Waals surface area contributed by atoms with Crippen molar-refractivity contribution in [3.8, 4) is 16.3 Å².